The lowest BCUT2D eigenvalue weighted by Gasteiger charge is -2.26. The second-order valence-electron chi connectivity index (χ2n) is 9.28. The fourth-order valence-electron chi connectivity index (χ4n) is 4.07. The Morgan fingerprint density at radius 3 is 1.69 bits per heavy atom. The third kappa shape index (κ3) is 6.90. The number of carboxylic acids is 1. The molecule has 3 aromatic rings. The molecule has 0 radical (unpaired) electrons. The fraction of sp³-hybridized carbons (Fsp3) is 0.207. The zero-order chi connectivity index (χ0) is 32.2. The van der Waals surface area contributed by atoms with E-state index < -0.39 is 50.3 Å². The van der Waals surface area contributed by atoms with Crippen LogP contribution in [0.2, 0.25) is 0 Å². The van der Waals surface area contributed by atoms with E-state index in [0.717, 1.165) is 18.2 Å². The molecule has 0 spiro atoms. The van der Waals surface area contributed by atoms with Crippen molar-refractivity contribution in [2.24, 2.45) is 0 Å². The molecule has 2 heterocycles. The van der Waals surface area contributed by atoms with Gasteiger partial charge in [-0.15, -0.1) is 0 Å². The van der Waals surface area contributed by atoms with E-state index in [1.165, 1.54) is 55.5 Å². The van der Waals surface area contributed by atoms with Crippen LogP contribution in [0, 0.1) is 0 Å². The van der Waals surface area contributed by atoms with Gasteiger partial charge in [0.2, 0.25) is 27.2 Å². The van der Waals surface area contributed by atoms with Gasteiger partial charge in [-0.2, -0.15) is 8.78 Å². The summed E-state index contributed by atoms with van der Waals surface area (Å²) in [6, 6.07) is 12.3. The van der Waals surface area contributed by atoms with E-state index in [9.17, 15) is 18.9 Å². The van der Waals surface area contributed by atoms with Gasteiger partial charge in [0.15, 0.2) is 23.0 Å². The van der Waals surface area contributed by atoms with Crippen molar-refractivity contribution in [1.82, 2.24) is 0 Å². The Hall–Kier alpha value is -4.98. The number of carboxylic acid groups (broad SMARTS) is 1. The number of hydrogen-bond donors (Lipinski definition) is 1. The highest BCUT2D eigenvalue weighted by atomic mass is 31.2. The van der Waals surface area contributed by atoms with Gasteiger partial charge in [0.25, 0.3) is 0 Å². The fourth-order valence-corrected chi connectivity index (χ4v) is 5.32. The molecule has 3 aromatic carbocycles. The number of rotatable bonds is 12. The number of fused-ring (bicyclic) bond motifs is 2. The molecule has 0 aromatic heterocycles. The summed E-state index contributed by atoms with van der Waals surface area (Å²) in [7, 11) is -5.61. The lowest BCUT2D eigenvalue weighted by atomic mass is 10.1. The van der Waals surface area contributed by atoms with Crippen LogP contribution in [0.3, 0.4) is 0 Å². The standard InChI is InChI=1S/C29H23F2O13P/c1-17(10-26(32)33)18-2-6-21(7-3-18)29(30,31)45(36,43-15-41-27(34)19-4-8-22-24(11-19)39-13-37-22)44-16-42-28(35)20-5-9-23-25(12-20)40-14-38-23/h2-12H,13-16H2,1H3,(H,32,33). The van der Waals surface area contributed by atoms with Crippen molar-refractivity contribution in [3.05, 3.63) is 89.0 Å². The molecule has 13 nitrogen and oxygen atoms in total. The number of benzene rings is 3. The Balaban J connectivity index is 1.31. The molecule has 0 saturated carbocycles. The summed E-state index contributed by atoms with van der Waals surface area (Å²) in [5.74, 6) is -2.01. The van der Waals surface area contributed by atoms with Crippen LogP contribution in [0.15, 0.2) is 66.7 Å². The first kappa shape index (κ1) is 31.4. The second-order valence-corrected chi connectivity index (χ2v) is 11.3. The average Bonchev–Trinajstić information content (AvgIpc) is 3.69. The maximum absolute atomic E-state index is 15.8. The van der Waals surface area contributed by atoms with E-state index in [2.05, 4.69) is 0 Å². The molecule has 0 saturated heterocycles. The minimum absolute atomic E-state index is 0.0385. The molecule has 45 heavy (non-hydrogen) atoms. The molecule has 1 N–H and O–H groups in total. The van der Waals surface area contributed by atoms with E-state index in [-0.39, 0.29) is 41.8 Å². The number of allylic oxidation sites excluding steroid dienone is 1. The van der Waals surface area contributed by atoms with Crippen LogP contribution in [0.1, 0.15) is 38.8 Å². The molecule has 0 bridgehead atoms. The molecule has 0 fully saturated rings. The molecule has 2 aliphatic heterocycles. The molecule has 0 amide bonds. The first-order valence-corrected chi connectivity index (χ1v) is 14.4. The van der Waals surface area contributed by atoms with Crippen molar-refractivity contribution < 1.29 is 70.3 Å². The number of carbonyl (C=O) groups is 3. The van der Waals surface area contributed by atoms with Gasteiger partial charge in [0, 0.05) is 11.6 Å². The summed E-state index contributed by atoms with van der Waals surface area (Å²) in [5.41, 5.74) is -4.73. The minimum atomic E-state index is -5.61. The van der Waals surface area contributed by atoms with Crippen molar-refractivity contribution in [3.8, 4) is 23.0 Å². The Morgan fingerprint density at radius 2 is 1.22 bits per heavy atom. The second kappa shape index (κ2) is 12.9. The van der Waals surface area contributed by atoms with Crippen molar-refractivity contribution in [2.45, 2.75) is 12.6 Å². The lowest BCUT2D eigenvalue weighted by molar-refractivity contribution is -0.131. The highest BCUT2D eigenvalue weighted by Crippen LogP contribution is 2.67. The normalized spacial score (nSPS) is 13.8. The predicted octanol–water partition coefficient (Wildman–Crippen LogP) is 5.54. The monoisotopic (exact) mass is 648 g/mol. The zero-order valence-corrected chi connectivity index (χ0v) is 24.1. The summed E-state index contributed by atoms with van der Waals surface area (Å²) < 4.78 is 85.4. The van der Waals surface area contributed by atoms with Crippen LogP contribution in [0.25, 0.3) is 5.57 Å². The Labute approximate surface area is 253 Å². The van der Waals surface area contributed by atoms with Gasteiger partial charge in [-0.05, 0) is 54.5 Å². The summed E-state index contributed by atoms with van der Waals surface area (Å²) in [6.07, 6.45) is 0.882. The Bertz CT molecular complexity index is 1630. The summed E-state index contributed by atoms with van der Waals surface area (Å²) in [6.45, 7) is -1.13. The van der Waals surface area contributed by atoms with Gasteiger partial charge >= 0.3 is 31.2 Å². The van der Waals surface area contributed by atoms with Crippen LogP contribution in [0.5, 0.6) is 23.0 Å². The first-order valence-electron chi connectivity index (χ1n) is 12.9. The topological polar surface area (TPSA) is 162 Å². The van der Waals surface area contributed by atoms with E-state index in [1.807, 2.05) is 0 Å². The van der Waals surface area contributed by atoms with Gasteiger partial charge in [0.1, 0.15) is 0 Å². The van der Waals surface area contributed by atoms with Gasteiger partial charge in [-0.1, -0.05) is 24.3 Å². The first-order chi connectivity index (χ1) is 21.5. The van der Waals surface area contributed by atoms with Crippen molar-refractivity contribution in [1.29, 1.82) is 0 Å². The summed E-state index contributed by atoms with van der Waals surface area (Å²) in [4.78, 5) is 36.0. The Kier molecular flexibility index (Phi) is 9.04. The number of carbonyl (C=O) groups excluding carboxylic acids is 2. The number of hydrogen-bond acceptors (Lipinski definition) is 12. The number of aliphatic carboxylic acids is 1. The van der Waals surface area contributed by atoms with Crippen LogP contribution >= 0.6 is 7.60 Å². The summed E-state index contributed by atoms with van der Waals surface area (Å²) in [5, 5.41) is 8.94. The van der Waals surface area contributed by atoms with E-state index >= 15 is 8.78 Å². The van der Waals surface area contributed by atoms with Crippen molar-refractivity contribution in [2.75, 3.05) is 27.2 Å². The Morgan fingerprint density at radius 1 is 0.778 bits per heavy atom. The van der Waals surface area contributed by atoms with Crippen molar-refractivity contribution in [3.63, 3.8) is 0 Å². The molecule has 236 valence electrons. The van der Waals surface area contributed by atoms with Gasteiger partial charge in [-0.25, -0.2) is 14.4 Å². The maximum Gasteiger partial charge on any atom is 0.410 e. The molecule has 0 aliphatic carbocycles. The minimum Gasteiger partial charge on any atom is -0.478 e. The molecule has 2 aliphatic rings. The number of esters is 2. The molecule has 16 heteroatoms. The third-order valence-corrected chi connectivity index (χ3v) is 8.25. The maximum atomic E-state index is 15.8. The average molecular weight is 648 g/mol. The number of ether oxygens (including phenoxy) is 6. The molecule has 0 unspecified atom stereocenters. The summed E-state index contributed by atoms with van der Waals surface area (Å²) >= 11 is 0. The highest BCUT2D eigenvalue weighted by molar-refractivity contribution is 7.54. The quantitative estimate of drug-likeness (QED) is 0.113. The largest absolute Gasteiger partial charge is 0.478 e. The molecular formula is C29H23F2O13P. The SMILES string of the molecule is CC(=CC(=O)O)c1ccc(C(F)(F)P(=O)(OCOC(=O)c2ccc3c(c2)OCO3)OCOC(=O)c2ccc3c(c2)OCO3)cc1. The van der Waals surface area contributed by atoms with E-state index in [4.69, 9.17) is 42.6 Å². The molecular weight excluding hydrogens is 625 g/mol. The van der Waals surface area contributed by atoms with Crippen molar-refractivity contribution >= 4 is 31.1 Å². The lowest BCUT2D eigenvalue weighted by Crippen LogP contribution is -2.21. The number of alkyl halides is 2. The van der Waals surface area contributed by atoms with Gasteiger partial charge in [0.05, 0.1) is 11.1 Å². The van der Waals surface area contributed by atoms with Crippen LogP contribution < -0.4 is 18.9 Å². The third-order valence-electron chi connectivity index (χ3n) is 6.41. The van der Waals surface area contributed by atoms with E-state index in [0.29, 0.717) is 17.1 Å². The van der Waals surface area contributed by atoms with Crippen LogP contribution in [0.4, 0.5) is 8.78 Å². The molecule has 5 rings (SSSR count). The number of halogens is 2. The predicted molar refractivity (Wildman–Crippen MR) is 147 cm³/mol. The highest BCUT2D eigenvalue weighted by Gasteiger charge is 2.55. The van der Waals surface area contributed by atoms with Gasteiger partial charge in [-0.3, -0.25) is 13.6 Å². The zero-order valence-electron chi connectivity index (χ0n) is 23.2. The molecule has 0 atom stereocenters. The van der Waals surface area contributed by atoms with Gasteiger partial charge < -0.3 is 33.5 Å². The van der Waals surface area contributed by atoms with Crippen LogP contribution in [-0.2, 0) is 33.5 Å². The van der Waals surface area contributed by atoms with E-state index in [1.54, 1.807) is 0 Å². The van der Waals surface area contributed by atoms with Crippen LogP contribution in [-0.4, -0.2) is 50.2 Å². The smallest absolute Gasteiger partial charge is 0.410 e.